The predicted octanol–water partition coefficient (Wildman–Crippen LogP) is 2.50. The Kier molecular flexibility index (Phi) is 2.65. The van der Waals surface area contributed by atoms with Crippen LogP contribution < -0.4 is 9.47 Å². The van der Waals surface area contributed by atoms with Gasteiger partial charge in [-0.25, -0.2) is 0 Å². The predicted molar refractivity (Wildman–Crippen MR) is 87.0 cm³/mol. The number of benzene rings is 1. The molecule has 0 aromatic heterocycles. The number of hydrogen-bond donors (Lipinski definition) is 0. The van der Waals surface area contributed by atoms with E-state index in [1.807, 2.05) is 0 Å². The second-order valence-corrected chi connectivity index (χ2v) is 7.32. The Balaban J connectivity index is 1.80. The third-order valence-corrected chi connectivity index (χ3v) is 6.66. The summed E-state index contributed by atoms with van der Waals surface area (Å²) in [5, 5.41) is 0. The second-order valence-electron chi connectivity index (χ2n) is 7.32. The minimum absolute atomic E-state index is 0.00722. The zero-order valence-corrected chi connectivity index (χ0v) is 14.0. The average molecular weight is 313 g/mol. The van der Waals surface area contributed by atoms with Crippen LogP contribution in [0.1, 0.15) is 24.0 Å². The molecule has 1 aromatic carbocycles. The lowest BCUT2D eigenvalue weighted by Crippen LogP contribution is -2.63. The van der Waals surface area contributed by atoms with Crippen molar-refractivity contribution in [2.24, 2.45) is 5.92 Å². The Hall–Kier alpha value is -1.68. The van der Waals surface area contributed by atoms with Gasteiger partial charge in [0.2, 0.25) is 0 Å². The maximum Gasteiger partial charge on any atom is 0.166 e. The molecule has 1 saturated heterocycles. The van der Waals surface area contributed by atoms with Gasteiger partial charge in [-0.1, -0.05) is 6.07 Å². The Morgan fingerprint density at radius 2 is 2.13 bits per heavy atom. The molecule has 5 rings (SSSR count). The first-order chi connectivity index (χ1) is 11.2. The fourth-order valence-electron chi connectivity index (χ4n) is 5.66. The fraction of sp³-hybridized carbons (Fsp3) is 0.579. The number of nitrogens with zero attached hydrogens (tertiary/aromatic N) is 1. The fourth-order valence-corrected chi connectivity index (χ4v) is 5.66. The summed E-state index contributed by atoms with van der Waals surface area (Å²) >= 11 is 0. The van der Waals surface area contributed by atoms with Gasteiger partial charge in [0, 0.05) is 17.0 Å². The van der Waals surface area contributed by atoms with Gasteiger partial charge >= 0.3 is 0 Å². The quantitative estimate of drug-likeness (QED) is 0.839. The van der Waals surface area contributed by atoms with Crippen molar-refractivity contribution >= 4 is 0 Å². The van der Waals surface area contributed by atoms with E-state index in [1.54, 1.807) is 14.2 Å². The first-order valence-electron chi connectivity index (χ1n) is 8.52. The molecule has 2 bridgehead atoms. The third kappa shape index (κ3) is 1.46. The molecule has 0 saturated carbocycles. The van der Waals surface area contributed by atoms with Crippen LogP contribution in [0.5, 0.6) is 11.5 Å². The molecule has 2 aliphatic heterocycles. The molecule has 2 aliphatic carbocycles. The Morgan fingerprint density at radius 1 is 1.26 bits per heavy atom. The summed E-state index contributed by atoms with van der Waals surface area (Å²) in [6.45, 7) is 1.12. The van der Waals surface area contributed by atoms with E-state index in [9.17, 15) is 0 Å². The van der Waals surface area contributed by atoms with Gasteiger partial charge in [0.15, 0.2) is 17.6 Å². The van der Waals surface area contributed by atoms with Crippen LogP contribution in [-0.4, -0.2) is 44.9 Å². The lowest BCUT2D eigenvalue weighted by Gasteiger charge is -2.56. The van der Waals surface area contributed by atoms with Gasteiger partial charge in [-0.2, -0.15) is 0 Å². The number of allylic oxidation sites excluding steroid dienone is 1. The minimum atomic E-state index is 0.00722. The van der Waals surface area contributed by atoms with Crippen molar-refractivity contribution in [3.05, 3.63) is 35.1 Å². The van der Waals surface area contributed by atoms with Gasteiger partial charge < -0.3 is 19.1 Å². The Bertz CT molecular complexity index is 713. The molecule has 122 valence electrons. The smallest absolute Gasteiger partial charge is 0.166 e. The summed E-state index contributed by atoms with van der Waals surface area (Å²) in [4.78, 5) is 2.55. The van der Waals surface area contributed by atoms with Gasteiger partial charge in [-0.15, -0.1) is 0 Å². The molecular formula is C19H23NO3. The molecular weight excluding hydrogens is 290 g/mol. The van der Waals surface area contributed by atoms with E-state index < -0.39 is 0 Å². The highest BCUT2D eigenvalue weighted by Crippen LogP contribution is 2.63. The van der Waals surface area contributed by atoms with E-state index in [-0.39, 0.29) is 11.5 Å². The van der Waals surface area contributed by atoms with Gasteiger partial charge in [0.05, 0.1) is 14.2 Å². The van der Waals surface area contributed by atoms with Crippen molar-refractivity contribution in [3.8, 4) is 11.5 Å². The number of likely N-dealkylation sites (N-methyl/N-ethyl adjacent to an activating group) is 1. The topological polar surface area (TPSA) is 30.9 Å². The number of methoxy groups -OCH3 is 2. The molecule has 4 aliphatic rings. The number of likely N-dealkylation sites (tertiary alicyclic amines) is 1. The molecule has 1 unspecified atom stereocenters. The second kappa shape index (κ2) is 4.44. The normalized spacial score (nSPS) is 36.8. The first kappa shape index (κ1) is 13.7. The molecule has 1 spiro atoms. The average Bonchev–Trinajstić information content (AvgIpc) is 2.92. The lowest BCUT2D eigenvalue weighted by atomic mass is 9.53. The van der Waals surface area contributed by atoms with Gasteiger partial charge in [0.25, 0.3) is 0 Å². The van der Waals surface area contributed by atoms with Crippen LogP contribution in [0.3, 0.4) is 0 Å². The van der Waals surface area contributed by atoms with E-state index in [4.69, 9.17) is 14.2 Å². The van der Waals surface area contributed by atoms with E-state index in [0.717, 1.165) is 43.1 Å². The van der Waals surface area contributed by atoms with E-state index in [1.165, 1.54) is 11.1 Å². The summed E-state index contributed by atoms with van der Waals surface area (Å²) in [5.41, 5.74) is 2.92. The highest BCUT2D eigenvalue weighted by atomic mass is 16.6. The largest absolute Gasteiger partial charge is 0.497 e. The number of piperidine rings is 1. The van der Waals surface area contributed by atoms with Crippen LogP contribution in [0.15, 0.2) is 24.0 Å². The van der Waals surface area contributed by atoms with Crippen LogP contribution >= 0.6 is 0 Å². The van der Waals surface area contributed by atoms with E-state index >= 15 is 0 Å². The molecule has 1 fully saturated rings. The molecule has 0 N–H and O–H groups in total. The molecule has 1 aromatic rings. The van der Waals surface area contributed by atoms with Crippen LogP contribution in [0.25, 0.3) is 0 Å². The molecule has 23 heavy (non-hydrogen) atoms. The highest BCUT2D eigenvalue weighted by Gasteiger charge is 2.64. The van der Waals surface area contributed by atoms with Gasteiger partial charge in [0.1, 0.15) is 5.76 Å². The zero-order valence-electron chi connectivity index (χ0n) is 14.0. The van der Waals surface area contributed by atoms with Crippen molar-refractivity contribution in [1.82, 2.24) is 4.90 Å². The van der Waals surface area contributed by atoms with Gasteiger partial charge in [-0.05, 0) is 56.5 Å². The molecule has 2 heterocycles. The van der Waals surface area contributed by atoms with Crippen molar-refractivity contribution < 1.29 is 14.2 Å². The Morgan fingerprint density at radius 3 is 2.91 bits per heavy atom. The highest BCUT2D eigenvalue weighted by molar-refractivity contribution is 5.62. The summed E-state index contributed by atoms with van der Waals surface area (Å²) in [6.07, 6.45) is 5.58. The monoisotopic (exact) mass is 313 g/mol. The van der Waals surface area contributed by atoms with Crippen molar-refractivity contribution in [2.45, 2.75) is 36.8 Å². The number of rotatable bonds is 2. The molecule has 0 amide bonds. The van der Waals surface area contributed by atoms with Gasteiger partial charge in [-0.3, -0.25) is 0 Å². The molecule has 0 radical (unpaired) electrons. The van der Waals surface area contributed by atoms with E-state index in [0.29, 0.717) is 12.0 Å². The molecule has 4 nitrogen and oxygen atoms in total. The number of ether oxygens (including phenoxy) is 3. The van der Waals surface area contributed by atoms with Crippen LogP contribution in [-0.2, 0) is 16.6 Å². The molecule has 4 heteroatoms. The summed E-state index contributed by atoms with van der Waals surface area (Å²) < 4.78 is 17.8. The van der Waals surface area contributed by atoms with Crippen molar-refractivity contribution in [3.63, 3.8) is 0 Å². The number of hydrogen-bond acceptors (Lipinski definition) is 4. The van der Waals surface area contributed by atoms with Crippen molar-refractivity contribution in [2.75, 3.05) is 27.8 Å². The van der Waals surface area contributed by atoms with Crippen LogP contribution in [0.2, 0.25) is 0 Å². The standard InChI is InChI=1S/C19H23NO3/c1-20-9-8-19-12-5-7-15(22-3)18(19)23-17-14(21-2)6-4-11(16(17)19)10-13(12)20/h4,6-7,12-13,18H,5,8-10H2,1-3H3/t12?,13-,18+,19+/m0/s1. The van der Waals surface area contributed by atoms with Crippen LogP contribution in [0, 0.1) is 5.92 Å². The lowest BCUT2D eigenvalue weighted by molar-refractivity contribution is -0.0267. The summed E-state index contributed by atoms with van der Waals surface area (Å²) in [5.74, 6) is 3.42. The van der Waals surface area contributed by atoms with Crippen LogP contribution in [0.4, 0.5) is 0 Å². The Labute approximate surface area is 137 Å². The van der Waals surface area contributed by atoms with E-state index in [2.05, 4.69) is 30.2 Å². The first-order valence-corrected chi connectivity index (χ1v) is 8.52. The maximum atomic E-state index is 6.50. The van der Waals surface area contributed by atoms with Crippen molar-refractivity contribution in [1.29, 1.82) is 0 Å². The molecule has 4 atom stereocenters. The minimum Gasteiger partial charge on any atom is -0.497 e. The summed E-state index contributed by atoms with van der Waals surface area (Å²) in [6, 6.07) is 4.91. The third-order valence-electron chi connectivity index (χ3n) is 6.66. The SMILES string of the molecule is COC1=CCC2[C@@H]3Cc4ccc(OC)c5c4[C@]2(CCN3C)[C@@H]1O5. The maximum absolute atomic E-state index is 6.50. The summed E-state index contributed by atoms with van der Waals surface area (Å²) in [7, 11) is 5.77. The zero-order chi connectivity index (χ0) is 15.8.